The topological polar surface area (TPSA) is 87.0 Å². The van der Waals surface area contributed by atoms with Gasteiger partial charge in [0.25, 0.3) is 0 Å². The van der Waals surface area contributed by atoms with Crippen molar-refractivity contribution in [3.63, 3.8) is 0 Å². The quantitative estimate of drug-likeness (QED) is 0.186. The highest BCUT2D eigenvalue weighted by molar-refractivity contribution is 6.21. The van der Waals surface area contributed by atoms with Gasteiger partial charge in [0.05, 0.1) is 18.8 Å². The highest BCUT2D eigenvalue weighted by atomic mass is 35.5. The summed E-state index contributed by atoms with van der Waals surface area (Å²) in [6.45, 7) is 2.09. The van der Waals surface area contributed by atoms with Crippen LogP contribution >= 0.6 is 11.6 Å². The Morgan fingerprint density at radius 3 is 2.53 bits per heavy atom. The largest absolute Gasteiger partial charge is 0.463 e. The van der Waals surface area contributed by atoms with Crippen LogP contribution in [0.15, 0.2) is 24.3 Å². The van der Waals surface area contributed by atoms with Crippen LogP contribution in [0.5, 0.6) is 0 Å². The number of unbranched alkanes of at least 4 members (excludes halogenated alkanes) is 5. The third kappa shape index (κ3) is 8.66. The van der Waals surface area contributed by atoms with Gasteiger partial charge in [-0.1, -0.05) is 69.7 Å². The first kappa shape index (κ1) is 27.1. The fraction of sp³-hybridized carbons (Fsp3) is 0.731. The van der Waals surface area contributed by atoms with Crippen LogP contribution in [0.1, 0.15) is 101 Å². The summed E-state index contributed by atoms with van der Waals surface area (Å²) in [5.41, 5.74) is 2.04. The Balaban J connectivity index is 1.82. The highest BCUT2D eigenvalue weighted by Crippen LogP contribution is 2.45. The van der Waals surface area contributed by atoms with Crippen LogP contribution in [0.25, 0.3) is 0 Å². The molecule has 1 unspecified atom stereocenters. The molecule has 5 atom stereocenters. The maximum atomic E-state index is 11.5. The fourth-order valence-corrected chi connectivity index (χ4v) is 5.29. The molecule has 5 nitrogen and oxygen atoms in total. The Morgan fingerprint density at radius 1 is 1.12 bits per heavy atom. The molecule has 0 heterocycles. The molecule has 3 N–H and O–H groups in total. The van der Waals surface area contributed by atoms with Gasteiger partial charge in [-0.25, -0.2) is 0 Å². The van der Waals surface area contributed by atoms with E-state index in [1.165, 1.54) is 0 Å². The lowest BCUT2D eigenvalue weighted by Crippen LogP contribution is -2.19. The maximum absolute atomic E-state index is 11.5. The average Bonchev–Trinajstić information content (AvgIpc) is 3.07. The van der Waals surface area contributed by atoms with E-state index in [-0.39, 0.29) is 36.4 Å². The van der Waals surface area contributed by atoms with Gasteiger partial charge in [0.1, 0.15) is 6.61 Å². The summed E-state index contributed by atoms with van der Waals surface area (Å²) >= 11 is 6.62. The van der Waals surface area contributed by atoms with Crippen molar-refractivity contribution in [1.29, 1.82) is 0 Å². The number of alkyl halides is 1. The van der Waals surface area contributed by atoms with Crippen molar-refractivity contribution in [2.24, 2.45) is 5.92 Å². The Morgan fingerprint density at radius 2 is 1.84 bits per heavy atom. The molecule has 0 amide bonds. The van der Waals surface area contributed by atoms with E-state index in [0.717, 1.165) is 68.9 Å². The first-order valence-corrected chi connectivity index (χ1v) is 12.8. The van der Waals surface area contributed by atoms with Crippen molar-refractivity contribution in [2.75, 3.05) is 13.2 Å². The van der Waals surface area contributed by atoms with Gasteiger partial charge >= 0.3 is 5.97 Å². The molecule has 1 aromatic carbocycles. The summed E-state index contributed by atoms with van der Waals surface area (Å²) in [7, 11) is 0. The smallest absolute Gasteiger partial charge is 0.305 e. The summed E-state index contributed by atoms with van der Waals surface area (Å²) < 4.78 is 4.87. The zero-order valence-electron chi connectivity index (χ0n) is 19.4. The number of aliphatic hydroxyl groups is 3. The van der Waals surface area contributed by atoms with Crippen molar-refractivity contribution in [2.45, 2.75) is 101 Å². The van der Waals surface area contributed by atoms with Crippen LogP contribution in [-0.2, 0) is 9.53 Å². The van der Waals surface area contributed by atoms with Crippen molar-refractivity contribution >= 4 is 17.6 Å². The predicted octanol–water partition coefficient (Wildman–Crippen LogP) is 5.25. The molecule has 0 aliphatic heterocycles. The second-order valence-electron chi connectivity index (χ2n) is 9.08. The van der Waals surface area contributed by atoms with Gasteiger partial charge in [-0.15, -0.1) is 11.6 Å². The van der Waals surface area contributed by atoms with Crippen molar-refractivity contribution in [1.82, 2.24) is 0 Å². The Kier molecular flexibility index (Phi) is 12.6. The normalized spacial score (nSPS) is 23.9. The number of esters is 1. The van der Waals surface area contributed by atoms with Gasteiger partial charge in [0.2, 0.25) is 0 Å². The number of aliphatic hydroxyl groups excluding tert-OH is 3. The molecule has 0 aromatic heterocycles. The van der Waals surface area contributed by atoms with Crippen molar-refractivity contribution in [3.05, 3.63) is 35.4 Å². The molecule has 1 aliphatic rings. The van der Waals surface area contributed by atoms with Gasteiger partial charge < -0.3 is 20.1 Å². The summed E-state index contributed by atoms with van der Waals surface area (Å²) in [4.78, 5) is 11.5. The first-order chi connectivity index (χ1) is 15.5. The molecule has 0 spiro atoms. The van der Waals surface area contributed by atoms with E-state index in [2.05, 4.69) is 6.92 Å². The second-order valence-corrected chi connectivity index (χ2v) is 9.64. The number of halogens is 1. The van der Waals surface area contributed by atoms with E-state index in [1.54, 1.807) is 0 Å². The first-order valence-electron chi connectivity index (χ1n) is 12.3. The predicted molar refractivity (Wildman–Crippen MR) is 128 cm³/mol. The van der Waals surface area contributed by atoms with E-state index >= 15 is 0 Å². The second kappa shape index (κ2) is 14.9. The average molecular weight is 469 g/mol. The number of carbonyl (C=O) groups is 1. The number of ether oxygens (including phenoxy) is 1. The minimum Gasteiger partial charge on any atom is -0.463 e. The van der Waals surface area contributed by atoms with Crippen LogP contribution in [0, 0.1) is 5.92 Å². The van der Waals surface area contributed by atoms with Crippen molar-refractivity contribution < 1.29 is 24.9 Å². The fourth-order valence-electron chi connectivity index (χ4n) is 4.82. The molecule has 1 fully saturated rings. The summed E-state index contributed by atoms with van der Waals surface area (Å²) in [6.07, 6.45) is 8.92. The number of benzene rings is 1. The van der Waals surface area contributed by atoms with Gasteiger partial charge in [-0.3, -0.25) is 4.79 Å². The molecular formula is C26H41ClO5. The number of hydrogen-bond donors (Lipinski definition) is 3. The van der Waals surface area contributed by atoms with Crippen LogP contribution in [0.2, 0.25) is 0 Å². The molecule has 1 aliphatic carbocycles. The molecule has 0 saturated heterocycles. The van der Waals surface area contributed by atoms with Crippen LogP contribution in [0.3, 0.4) is 0 Å². The SMILES string of the molecule is CCCCCC(O)c1ccc([C@@H]2[C@@H](CCCCCCC(=O)OCCO)[C@H](Cl)C[C@H]2O)cc1. The molecule has 0 radical (unpaired) electrons. The molecule has 1 aromatic rings. The molecule has 2 rings (SSSR count). The monoisotopic (exact) mass is 468 g/mol. The number of rotatable bonds is 15. The van der Waals surface area contributed by atoms with Crippen LogP contribution in [-0.4, -0.2) is 46.0 Å². The number of hydrogen-bond acceptors (Lipinski definition) is 5. The van der Waals surface area contributed by atoms with Gasteiger partial charge in [0.15, 0.2) is 0 Å². The molecule has 0 bridgehead atoms. The van der Waals surface area contributed by atoms with E-state index in [0.29, 0.717) is 12.8 Å². The van der Waals surface area contributed by atoms with Crippen LogP contribution < -0.4 is 0 Å². The summed E-state index contributed by atoms with van der Waals surface area (Å²) in [6, 6.07) is 8.08. The van der Waals surface area contributed by atoms with E-state index in [9.17, 15) is 15.0 Å². The number of carbonyl (C=O) groups excluding carboxylic acids is 1. The molecule has 6 heteroatoms. The molecule has 32 heavy (non-hydrogen) atoms. The highest BCUT2D eigenvalue weighted by Gasteiger charge is 2.41. The third-order valence-electron chi connectivity index (χ3n) is 6.62. The maximum Gasteiger partial charge on any atom is 0.305 e. The zero-order chi connectivity index (χ0) is 23.3. The van der Waals surface area contributed by atoms with Crippen molar-refractivity contribution in [3.8, 4) is 0 Å². The van der Waals surface area contributed by atoms with E-state index in [1.807, 2.05) is 24.3 Å². The Hall–Kier alpha value is -1.14. The summed E-state index contributed by atoms with van der Waals surface area (Å²) in [5.74, 6) is -0.00321. The Labute approximate surface area is 198 Å². The van der Waals surface area contributed by atoms with Gasteiger partial charge in [-0.2, -0.15) is 0 Å². The molecule has 1 saturated carbocycles. The lowest BCUT2D eigenvalue weighted by atomic mass is 9.83. The zero-order valence-corrected chi connectivity index (χ0v) is 20.2. The Bertz CT molecular complexity index is 650. The molecule has 182 valence electrons. The third-order valence-corrected chi connectivity index (χ3v) is 7.12. The van der Waals surface area contributed by atoms with Gasteiger partial charge in [-0.05, 0) is 42.7 Å². The van der Waals surface area contributed by atoms with Crippen LogP contribution in [0.4, 0.5) is 0 Å². The minimum atomic E-state index is -0.441. The lowest BCUT2D eigenvalue weighted by molar-refractivity contribution is -0.144. The molecular weight excluding hydrogens is 428 g/mol. The van der Waals surface area contributed by atoms with E-state index in [4.69, 9.17) is 21.4 Å². The summed E-state index contributed by atoms with van der Waals surface area (Å²) in [5, 5.41) is 29.7. The van der Waals surface area contributed by atoms with E-state index < -0.39 is 12.2 Å². The van der Waals surface area contributed by atoms with Gasteiger partial charge in [0, 0.05) is 17.7 Å². The minimum absolute atomic E-state index is 0.0252. The lowest BCUT2D eigenvalue weighted by Gasteiger charge is -2.24. The standard InChI is InChI=1S/C26H41ClO5/c1-2-3-6-10-23(29)19-12-14-20(15-13-19)26-21(22(27)18-24(26)30)9-7-4-5-8-11-25(31)32-17-16-28/h12-15,21-24,26,28-30H,2-11,16-18H2,1H3/t21-,22+,23?,24+,26+/m0/s1.